The molecule has 1 atom stereocenters. The molecule has 1 N–H and O–H groups in total. The standard InChI is InChI=1S/C13H18N6O2S/c1-13(2,3)12-15-10(16-17-12)8-7-19(4-5-21-8)11(20)9-6-14-18-22-9/h6,8H,4-5,7H2,1-3H3,(H,15,16,17)/t8-/m0/s1. The topological polar surface area (TPSA) is 96.9 Å². The predicted molar refractivity (Wildman–Crippen MR) is 79.6 cm³/mol. The Labute approximate surface area is 132 Å². The monoisotopic (exact) mass is 322 g/mol. The summed E-state index contributed by atoms with van der Waals surface area (Å²) < 4.78 is 9.46. The van der Waals surface area contributed by atoms with Crippen molar-refractivity contribution in [3.8, 4) is 0 Å². The molecule has 3 rings (SSSR count). The Bertz CT molecular complexity index is 648. The molecule has 1 amide bonds. The molecule has 1 aliphatic rings. The Balaban J connectivity index is 1.73. The fourth-order valence-electron chi connectivity index (χ4n) is 2.17. The van der Waals surface area contributed by atoms with Crippen LogP contribution in [0.3, 0.4) is 0 Å². The lowest BCUT2D eigenvalue weighted by Gasteiger charge is -2.31. The average molecular weight is 322 g/mol. The molecule has 0 bridgehead atoms. The van der Waals surface area contributed by atoms with Gasteiger partial charge in [0.2, 0.25) is 0 Å². The van der Waals surface area contributed by atoms with Gasteiger partial charge in [-0.25, -0.2) is 4.98 Å². The number of carbonyl (C=O) groups excluding carboxylic acids is 1. The fraction of sp³-hybridized carbons (Fsp3) is 0.615. The number of amides is 1. The van der Waals surface area contributed by atoms with Crippen LogP contribution in [0.25, 0.3) is 0 Å². The van der Waals surface area contributed by atoms with E-state index in [9.17, 15) is 4.79 Å². The van der Waals surface area contributed by atoms with Gasteiger partial charge >= 0.3 is 0 Å². The van der Waals surface area contributed by atoms with Crippen LogP contribution in [0.2, 0.25) is 0 Å². The van der Waals surface area contributed by atoms with Gasteiger partial charge in [-0.05, 0) is 11.5 Å². The van der Waals surface area contributed by atoms with E-state index in [1.165, 1.54) is 6.20 Å². The van der Waals surface area contributed by atoms with Gasteiger partial charge in [-0.2, -0.15) is 5.10 Å². The van der Waals surface area contributed by atoms with Crippen molar-refractivity contribution < 1.29 is 9.53 Å². The molecule has 3 heterocycles. The molecule has 0 spiro atoms. The van der Waals surface area contributed by atoms with E-state index in [1.807, 2.05) is 20.8 Å². The first-order valence-corrected chi connectivity index (χ1v) is 7.83. The smallest absolute Gasteiger partial charge is 0.267 e. The summed E-state index contributed by atoms with van der Waals surface area (Å²) in [5.74, 6) is 1.32. The molecule has 9 heteroatoms. The Morgan fingerprint density at radius 3 is 2.95 bits per heavy atom. The zero-order chi connectivity index (χ0) is 15.7. The summed E-state index contributed by atoms with van der Waals surface area (Å²) in [4.78, 5) is 19.1. The highest BCUT2D eigenvalue weighted by Gasteiger charge is 2.30. The highest BCUT2D eigenvalue weighted by atomic mass is 32.1. The van der Waals surface area contributed by atoms with Crippen molar-refractivity contribution in [1.29, 1.82) is 0 Å². The van der Waals surface area contributed by atoms with E-state index in [0.717, 1.165) is 17.4 Å². The quantitative estimate of drug-likeness (QED) is 0.891. The lowest BCUT2D eigenvalue weighted by Crippen LogP contribution is -2.42. The normalized spacial score (nSPS) is 19.4. The second kappa shape index (κ2) is 5.73. The molecular formula is C13H18N6O2S. The minimum Gasteiger partial charge on any atom is -0.367 e. The Morgan fingerprint density at radius 2 is 2.32 bits per heavy atom. The number of hydrogen-bond acceptors (Lipinski definition) is 7. The number of nitrogens with zero attached hydrogens (tertiary/aromatic N) is 5. The first-order chi connectivity index (χ1) is 10.4. The molecule has 1 saturated heterocycles. The number of hydrogen-bond donors (Lipinski definition) is 1. The number of rotatable bonds is 2. The third-order valence-corrected chi connectivity index (χ3v) is 4.06. The minimum atomic E-state index is -0.290. The van der Waals surface area contributed by atoms with Crippen molar-refractivity contribution in [3.05, 3.63) is 22.7 Å². The zero-order valence-corrected chi connectivity index (χ0v) is 13.6. The molecule has 2 aromatic rings. The molecule has 22 heavy (non-hydrogen) atoms. The van der Waals surface area contributed by atoms with E-state index in [4.69, 9.17) is 4.74 Å². The largest absolute Gasteiger partial charge is 0.367 e. The average Bonchev–Trinajstić information content (AvgIpc) is 3.17. The predicted octanol–water partition coefficient (Wildman–Crippen LogP) is 1.17. The van der Waals surface area contributed by atoms with Crippen LogP contribution in [0.1, 0.15) is 48.2 Å². The second-order valence-corrected chi connectivity index (χ2v) is 6.97. The molecule has 0 unspecified atom stereocenters. The van der Waals surface area contributed by atoms with Crippen LogP contribution in [0.15, 0.2) is 6.20 Å². The van der Waals surface area contributed by atoms with E-state index in [-0.39, 0.29) is 17.4 Å². The number of aromatic amines is 1. The summed E-state index contributed by atoms with van der Waals surface area (Å²) in [6.45, 7) is 7.61. The van der Waals surface area contributed by atoms with Crippen LogP contribution < -0.4 is 0 Å². The molecule has 0 aliphatic carbocycles. The van der Waals surface area contributed by atoms with Gasteiger partial charge in [0, 0.05) is 12.0 Å². The van der Waals surface area contributed by atoms with Gasteiger partial charge in [0.25, 0.3) is 5.91 Å². The summed E-state index contributed by atoms with van der Waals surface area (Å²) in [7, 11) is 0. The summed E-state index contributed by atoms with van der Waals surface area (Å²) >= 11 is 1.10. The lowest BCUT2D eigenvalue weighted by molar-refractivity contribution is -0.0265. The van der Waals surface area contributed by atoms with Gasteiger partial charge in [0.1, 0.15) is 11.0 Å². The van der Waals surface area contributed by atoms with Crippen molar-refractivity contribution in [2.45, 2.75) is 32.3 Å². The first kappa shape index (κ1) is 15.0. The molecule has 8 nitrogen and oxygen atoms in total. The van der Waals surface area contributed by atoms with E-state index in [0.29, 0.717) is 30.4 Å². The van der Waals surface area contributed by atoms with Crippen molar-refractivity contribution in [3.63, 3.8) is 0 Å². The number of carbonyl (C=O) groups is 1. The summed E-state index contributed by atoms with van der Waals surface area (Å²) in [5.41, 5.74) is -0.132. The van der Waals surface area contributed by atoms with Gasteiger partial charge < -0.3 is 9.64 Å². The third kappa shape index (κ3) is 3.00. The van der Waals surface area contributed by atoms with Gasteiger partial charge in [-0.1, -0.05) is 25.3 Å². The molecule has 0 saturated carbocycles. The molecule has 0 aromatic carbocycles. The maximum Gasteiger partial charge on any atom is 0.267 e. The van der Waals surface area contributed by atoms with Crippen LogP contribution >= 0.6 is 11.5 Å². The summed E-state index contributed by atoms with van der Waals surface area (Å²) in [6.07, 6.45) is 1.20. The number of nitrogens with one attached hydrogen (secondary N) is 1. The van der Waals surface area contributed by atoms with Crippen LogP contribution in [-0.2, 0) is 10.2 Å². The summed E-state index contributed by atoms with van der Waals surface area (Å²) in [6, 6.07) is 0. The number of aromatic nitrogens is 5. The maximum atomic E-state index is 12.4. The van der Waals surface area contributed by atoms with Crippen molar-refractivity contribution >= 4 is 17.4 Å². The Kier molecular flexibility index (Phi) is 3.92. The van der Waals surface area contributed by atoms with E-state index in [2.05, 4.69) is 24.8 Å². The van der Waals surface area contributed by atoms with Gasteiger partial charge in [-0.3, -0.25) is 9.89 Å². The Hall–Kier alpha value is -1.87. The maximum absolute atomic E-state index is 12.4. The van der Waals surface area contributed by atoms with Crippen LogP contribution in [0.4, 0.5) is 0 Å². The third-order valence-electron chi connectivity index (χ3n) is 3.40. The summed E-state index contributed by atoms with van der Waals surface area (Å²) in [5, 5.41) is 10.9. The molecule has 118 valence electrons. The van der Waals surface area contributed by atoms with E-state index in [1.54, 1.807) is 4.90 Å². The highest BCUT2D eigenvalue weighted by Crippen LogP contribution is 2.24. The lowest BCUT2D eigenvalue weighted by atomic mass is 9.96. The van der Waals surface area contributed by atoms with Crippen molar-refractivity contribution in [2.75, 3.05) is 19.7 Å². The van der Waals surface area contributed by atoms with E-state index < -0.39 is 0 Å². The van der Waals surface area contributed by atoms with Crippen LogP contribution in [0, 0.1) is 0 Å². The van der Waals surface area contributed by atoms with Gasteiger partial charge in [0.15, 0.2) is 11.6 Å². The fourth-order valence-corrected chi connectivity index (χ4v) is 2.65. The van der Waals surface area contributed by atoms with Crippen molar-refractivity contribution in [1.82, 2.24) is 29.7 Å². The molecule has 0 radical (unpaired) electrons. The molecular weight excluding hydrogens is 304 g/mol. The van der Waals surface area contributed by atoms with Crippen molar-refractivity contribution in [2.24, 2.45) is 0 Å². The SMILES string of the molecule is CC(C)(C)c1n[nH]c([C@@H]2CN(C(=O)c3cnns3)CCO2)n1. The van der Waals surface area contributed by atoms with Gasteiger partial charge in [0.05, 0.1) is 19.3 Å². The second-order valence-electron chi connectivity index (χ2n) is 6.19. The molecule has 1 fully saturated rings. The Morgan fingerprint density at radius 1 is 1.50 bits per heavy atom. The number of morpholine rings is 1. The highest BCUT2D eigenvalue weighted by molar-refractivity contribution is 7.07. The first-order valence-electron chi connectivity index (χ1n) is 7.06. The van der Waals surface area contributed by atoms with Crippen LogP contribution in [-0.4, -0.2) is 55.3 Å². The molecule has 2 aromatic heterocycles. The van der Waals surface area contributed by atoms with Gasteiger partial charge in [-0.15, -0.1) is 5.10 Å². The zero-order valence-electron chi connectivity index (χ0n) is 12.7. The number of ether oxygens (including phenoxy) is 1. The van der Waals surface area contributed by atoms with Crippen LogP contribution in [0.5, 0.6) is 0 Å². The molecule has 1 aliphatic heterocycles. The minimum absolute atomic E-state index is 0.0705. The van der Waals surface area contributed by atoms with E-state index >= 15 is 0 Å². The number of H-pyrrole nitrogens is 1.